The van der Waals surface area contributed by atoms with Crippen LogP contribution in [0.2, 0.25) is 0 Å². The van der Waals surface area contributed by atoms with Crippen LogP contribution < -0.4 is 5.73 Å². The molecule has 2 aromatic heterocycles. The van der Waals surface area contributed by atoms with E-state index in [4.69, 9.17) is 11.1 Å². The summed E-state index contributed by atoms with van der Waals surface area (Å²) in [6, 6.07) is 17.7. The van der Waals surface area contributed by atoms with E-state index in [2.05, 4.69) is 9.97 Å². The number of nitrogen functional groups attached to an aromatic ring is 1. The third-order valence-corrected chi connectivity index (χ3v) is 3.67. The van der Waals surface area contributed by atoms with E-state index in [0.717, 1.165) is 27.6 Å². The number of nitrogens with one attached hydrogen (secondary N) is 1. The molecular formula is C17H13N5. The summed E-state index contributed by atoms with van der Waals surface area (Å²) < 4.78 is 1.85. The maximum Gasteiger partial charge on any atom is 0.181 e. The van der Waals surface area contributed by atoms with E-state index >= 15 is 0 Å². The van der Waals surface area contributed by atoms with Gasteiger partial charge in [-0.05, 0) is 23.6 Å². The Morgan fingerprint density at radius 2 is 1.77 bits per heavy atom. The molecule has 0 aliphatic rings. The SMILES string of the molecule is N=C(N)c1nc2ccccc2n1-c1nccc2ccccc12. The molecule has 22 heavy (non-hydrogen) atoms. The molecule has 0 saturated carbocycles. The standard InChI is InChI=1S/C17H13N5/c18-15(19)17-21-13-7-3-4-8-14(13)22(17)16-12-6-2-1-5-11(12)9-10-20-16/h1-10H,(H3,18,19). The van der Waals surface area contributed by atoms with Crippen molar-refractivity contribution in [2.75, 3.05) is 0 Å². The van der Waals surface area contributed by atoms with Crippen molar-refractivity contribution in [3.63, 3.8) is 0 Å². The molecule has 0 aliphatic heterocycles. The van der Waals surface area contributed by atoms with Crippen LogP contribution in [0, 0.1) is 5.41 Å². The Kier molecular flexibility index (Phi) is 2.66. The molecule has 0 atom stereocenters. The van der Waals surface area contributed by atoms with Crippen molar-refractivity contribution in [3.05, 3.63) is 66.6 Å². The zero-order chi connectivity index (χ0) is 15.1. The molecule has 0 unspecified atom stereocenters. The number of para-hydroxylation sites is 2. The van der Waals surface area contributed by atoms with Crippen LogP contribution in [0.15, 0.2) is 60.8 Å². The number of nitrogens with zero attached hydrogens (tertiary/aromatic N) is 3. The molecule has 0 radical (unpaired) electrons. The molecule has 0 amide bonds. The molecule has 0 fully saturated rings. The highest BCUT2D eigenvalue weighted by Gasteiger charge is 2.16. The molecule has 5 heteroatoms. The average Bonchev–Trinajstić information content (AvgIpc) is 2.94. The van der Waals surface area contributed by atoms with E-state index in [-0.39, 0.29) is 5.84 Å². The Balaban J connectivity index is 2.16. The van der Waals surface area contributed by atoms with Crippen molar-refractivity contribution in [1.82, 2.24) is 14.5 Å². The predicted octanol–water partition coefficient (Wildman–Crippen LogP) is 2.86. The highest BCUT2D eigenvalue weighted by molar-refractivity contribution is 5.98. The molecule has 2 heterocycles. The Hall–Kier alpha value is -3.21. The zero-order valence-corrected chi connectivity index (χ0v) is 11.7. The monoisotopic (exact) mass is 287 g/mol. The predicted molar refractivity (Wildman–Crippen MR) is 87.4 cm³/mol. The van der Waals surface area contributed by atoms with Crippen molar-refractivity contribution >= 4 is 27.6 Å². The second-order valence-corrected chi connectivity index (χ2v) is 5.03. The minimum absolute atomic E-state index is 0.0778. The topological polar surface area (TPSA) is 80.6 Å². The van der Waals surface area contributed by atoms with Gasteiger partial charge in [0.15, 0.2) is 11.7 Å². The number of pyridine rings is 1. The highest BCUT2D eigenvalue weighted by atomic mass is 15.2. The second-order valence-electron chi connectivity index (χ2n) is 5.03. The molecule has 0 aliphatic carbocycles. The third-order valence-electron chi connectivity index (χ3n) is 3.67. The lowest BCUT2D eigenvalue weighted by Gasteiger charge is -2.10. The van der Waals surface area contributed by atoms with Gasteiger partial charge in [0.25, 0.3) is 0 Å². The van der Waals surface area contributed by atoms with Gasteiger partial charge in [0, 0.05) is 11.6 Å². The van der Waals surface area contributed by atoms with Crippen LogP contribution in [-0.4, -0.2) is 20.4 Å². The Morgan fingerprint density at radius 1 is 1.00 bits per heavy atom. The maximum absolute atomic E-state index is 7.83. The Labute approximate surface area is 126 Å². The normalized spacial score (nSPS) is 11.1. The number of fused-ring (bicyclic) bond motifs is 2. The first-order valence-corrected chi connectivity index (χ1v) is 6.92. The fourth-order valence-electron chi connectivity index (χ4n) is 2.70. The van der Waals surface area contributed by atoms with E-state index in [1.807, 2.05) is 59.2 Å². The molecular weight excluding hydrogens is 274 g/mol. The summed E-state index contributed by atoms with van der Waals surface area (Å²) in [5.41, 5.74) is 7.41. The van der Waals surface area contributed by atoms with Crippen LogP contribution in [0.25, 0.3) is 27.6 Å². The fourth-order valence-corrected chi connectivity index (χ4v) is 2.70. The first kappa shape index (κ1) is 12.5. The fraction of sp³-hybridized carbons (Fsp3) is 0. The molecule has 0 saturated heterocycles. The van der Waals surface area contributed by atoms with Gasteiger partial charge in [-0.15, -0.1) is 0 Å². The van der Waals surface area contributed by atoms with Crippen LogP contribution in [0.1, 0.15) is 5.82 Å². The lowest BCUT2D eigenvalue weighted by Crippen LogP contribution is -2.18. The largest absolute Gasteiger partial charge is 0.381 e. The minimum Gasteiger partial charge on any atom is -0.381 e. The van der Waals surface area contributed by atoms with E-state index in [1.165, 1.54) is 0 Å². The van der Waals surface area contributed by atoms with E-state index in [0.29, 0.717) is 5.82 Å². The molecule has 2 aromatic carbocycles. The molecule has 0 spiro atoms. The zero-order valence-electron chi connectivity index (χ0n) is 11.7. The summed E-state index contributed by atoms with van der Waals surface area (Å²) in [5.74, 6) is 1.06. The van der Waals surface area contributed by atoms with Gasteiger partial charge in [0.05, 0.1) is 11.0 Å². The number of imidazole rings is 1. The van der Waals surface area contributed by atoms with Crippen molar-refractivity contribution in [3.8, 4) is 5.82 Å². The summed E-state index contributed by atoms with van der Waals surface area (Å²) in [6.45, 7) is 0. The molecule has 106 valence electrons. The van der Waals surface area contributed by atoms with Crippen molar-refractivity contribution in [2.45, 2.75) is 0 Å². The summed E-state index contributed by atoms with van der Waals surface area (Å²) in [5, 5.41) is 9.91. The Morgan fingerprint density at radius 3 is 2.64 bits per heavy atom. The van der Waals surface area contributed by atoms with Crippen LogP contribution >= 0.6 is 0 Å². The maximum atomic E-state index is 7.83. The van der Waals surface area contributed by atoms with Gasteiger partial charge in [0.1, 0.15) is 5.82 Å². The van der Waals surface area contributed by atoms with Crippen LogP contribution in [-0.2, 0) is 0 Å². The molecule has 5 nitrogen and oxygen atoms in total. The van der Waals surface area contributed by atoms with Gasteiger partial charge in [-0.1, -0.05) is 36.4 Å². The number of rotatable bonds is 2. The number of hydrogen-bond donors (Lipinski definition) is 2. The number of aromatic nitrogens is 3. The van der Waals surface area contributed by atoms with Gasteiger partial charge < -0.3 is 5.73 Å². The summed E-state index contributed by atoms with van der Waals surface area (Å²) >= 11 is 0. The first-order valence-electron chi connectivity index (χ1n) is 6.92. The number of nitrogens with two attached hydrogens (primary N) is 1. The summed E-state index contributed by atoms with van der Waals surface area (Å²) in [6.07, 6.45) is 1.76. The number of hydrogen-bond acceptors (Lipinski definition) is 3. The van der Waals surface area contributed by atoms with Gasteiger partial charge in [-0.2, -0.15) is 0 Å². The lowest BCUT2D eigenvalue weighted by atomic mass is 10.1. The van der Waals surface area contributed by atoms with Gasteiger partial charge in [0.2, 0.25) is 0 Å². The van der Waals surface area contributed by atoms with Crippen LogP contribution in [0.5, 0.6) is 0 Å². The number of amidine groups is 1. The molecule has 4 aromatic rings. The van der Waals surface area contributed by atoms with Crippen molar-refractivity contribution in [1.29, 1.82) is 5.41 Å². The summed E-state index contributed by atoms with van der Waals surface area (Å²) in [7, 11) is 0. The molecule has 0 bridgehead atoms. The third kappa shape index (κ3) is 1.76. The van der Waals surface area contributed by atoms with Gasteiger partial charge in [-0.3, -0.25) is 9.98 Å². The molecule has 3 N–H and O–H groups in total. The van der Waals surface area contributed by atoms with Gasteiger partial charge in [-0.25, -0.2) is 9.97 Å². The van der Waals surface area contributed by atoms with E-state index in [1.54, 1.807) is 6.20 Å². The summed E-state index contributed by atoms with van der Waals surface area (Å²) in [4.78, 5) is 8.98. The van der Waals surface area contributed by atoms with Gasteiger partial charge >= 0.3 is 0 Å². The minimum atomic E-state index is -0.0778. The second kappa shape index (κ2) is 4.66. The van der Waals surface area contributed by atoms with Crippen molar-refractivity contribution < 1.29 is 0 Å². The average molecular weight is 287 g/mol. The molecule has 4 rings (SSSR count). The Bertz CT molecular complexity index is 1010. The van der Waals surface area contributed by atoms with Crippen molar-refractivity contribution in [2.24, 2.45) is 5.73 Å². The lowest BCUT2D eigenvalue weighted by molar-refractivity contribution is 1.01. The van der Waals surface area contributed by atoms with Crippen LogP contribution in [0.4, 0.5) is 0 Å². The van der Waals surface area contributed by atoms with E-state index in [9.17, 15) is 0 Å². The first-order chi connectivity index (χ1) is 10.8. The number of benzene rings is 2. The van der Waals surface area contributed by atoms with Crippen LogP contribution in [0.3, 0.4) is 0 Å². The van der Waals surface area contributed by atoms with E-state index < -0.39 is 0 Å². The smallest absolute Gasteiger partial charge is 0.181 e. The quantitative estimate of drug-likeness (QED) is 0.439. The highest BCUT2D eigenvalue weighted by Crippen LogP contribution is 2.25.